The van der Waals surface area contributed by atoms with Crippen molar-refractivity contribution >= 4 is 0 Å². The summed E-state index contributed by atoms with van der Waals surface area (Å²) in [6.07, 6.45) is 0. The first-order chi connectivity index (χ1) is 10.6. The molecule has 2 unspecified atom stereocenters. The Morgan fingerprint density at radius 2 is 1.77 bits per heavy atom. The Balaban J connectivity index is 2.07. The number of hydrogen-bond acceptors (Lipinski definition) is 1. The van der Waals surface area contributed by atoms with Crippen LogP contribution in [0.1, 0.15) is 43.4 Å². The van der Waals surface area contributed by atoms with Crippen molar-refractivity contribution in [3.05, 3.63) is 65.2 Å². The third-order valence-corrected chi connectivity index (χ3v) is 4.10. The first-order valence-electron chi connectivity index (χ1n) is 7.81. The summed E-state index contributed by atoms with van der Waals surface area (Å²) in [5, 5.41) is 0. The molecule has 114 valence electrons. The molecule has 0 radical (unpaired) electrons. The Kier molecular flexibility index (Phi) is 5.67. The zero-order chi connectivity index (χ0) is 15.9. The molecule has 1 heteroatoms. The van der Waals surface area contributed by atoms with E-state index in [2.05, 4.69) is 62.9 Å². The van der Waals surface area contributed by atoms with Crippen LogP contribution in [0.15, 0.2) is 48.5 Å². The highest BCUT2D eigenvalue weighted by atomic mass is 16.5. The third-order valence-electron chi connectivity index (χ3n) is 4.10. The van der Waals surface area contributed by atoms with Crippen molar-refractivity contribution in [2.75, 3.05) is 0 Å². The predicted molar refractivity (Wildman–Crippen MR) is 93.0 cm³/mol. The highest BCUT2D eigenvalue weighted by Gasteiger charge is 2.14. The van der Waals surface area contributed by atoms with Crippen molar-refractivity contribution in [1.29, 1.82) is 0 Å². The molecule has 22 heavy (non-hydrogen) atoms. The third kappa shape index (κ3) is 4.15. The van der Waals surface area contributed by atoms with Gasteiger partial charge in [-0.25, -0.2) is 0 Å². The van der Waals surface area contributed by atoms with E-state index >= 15 is 0 Å². The topological polar surface area (TPSA) is 9.23 Å². The quantitative estimate of drug-likeness (QED) is 0.676. The second kappa shape index (κ2) is 7.71. The van der Waals surface area contributed by atoms with Crippen molar-refractivity contribution in [1.82, 2.24) is 0 Å². The summed E-state index contributed by atoms with van der Waals surface area (Å²) in [6, 6.07) is 16.6. The predicted octanol–water partition coefficient (Wildman–Crippen LogP) is 5.34. The van der Waals surface area contributed by atoms with Gasteiger partial charge in [-0.3, -0.25) is 0 Å². The van der Waals surface area contributed by atoms with Gasteiger partial charge in [-0.1, -0.05) is 56.2 Å². The number of rotatable bonds is 5. The molecular weight excluding hydrogens is 268 g/mol. The SMILES string of the molecule is CC#CC(C)C(C)c1ccc(OCc2ccccc2)cc1C. The van der Waals surface area contributed by atoms with Gasteiger partial charge in [0, 0.05) is 5.92 Å². The van der Waals surface area contributed by atoms with Crippen LogP contribution in [0.25, 0.3) is 0 Å². The number of hydrogen-bond donors (Lipinski definition) is 0. The fourth-order valence-electron chi connectivity index (χ4n) is 2.61. The largest absolute Gasteiger partial charge is 0.489 e. The lowest BCUT2D eigenvalue weighted by Gasteiger charge is -2.19. The average Bonchev–Trinajstić information content (AvgIpc) is 2.53. The number of benzene rings is 2. The molecule has 2 atom stereocenters. The Morgan fingerprint density at radius 1 is 1.05 bits per heavy atom. The van der Waals surface area contributed by atoms with Gasteiger partial charge in [0.2, 0.25) is 0 Å². The van der Waals surface area contributed by atoms with Gasteiger partial charge in [-0.15, -0.1) is 5.92 Å². The van der Waals surface area contributed by atoms with Crippen molar-refractivity contribution in [2.24, 2.45) is 5.92 Å². The van der Waals surface area contributed by atoms with E-state index in [-0.39, 0.29) is 0 Å². The molecule has 0 aliphatic carbocycles. The zero-order valence-electron chi connectivity index (χ0n) is 13.9. The van der Waals surface area contributed by atoms with Crippen LogP contribution in [-0.4, -0.2) is 0 Å². The van der Waals surface area contributed by atoms with E-state index in [1.165, 1.54) is 16.7 Å². The molecule has 0 heterocycles. The molecule has 0 spiro atoms. The Bertz CT molecular complexity index is 661. The molecule has 0 saturated heterocycles. The fourth-order valence-corrected chi connectivity index (χ4v) is 2.61. The van der Waals surface area contributed by atoms with Crippen molar-refractivity contribution < 1.29 is 4.74 Å². The minimum absolute atomic E-state index is 0.361. The van der Waals surface area contributed by atoms with Crippen LogP contribution in [0.3, 0.4) is 0 Å². The summed E-state index contributed by atoms with van der Waals surface area (Å²) >= 11 is 0. The normalized spacial score (nSPS) is 12.9. The Labute approximate surface area is 134 Å². The van der Waals surface area contributed by atoms with E-state index in [9.17, 15) is 0 Å². The highest BCUT2D eigenvalue weighted by molar-refractivity contribution is 5.37. The summed E-state index contributed by atoms with van der Waals surface area (Å²) in [6.45, 7) is 9.07. The van der Waals surface area contributed by atoms with Gasteiger partial charge < -0.3 is 4.74 Å². The minimum atomic E-state index is 0.361. The lowest BCUT2D eigenvalue weighted by atomic mass is 9.87. The summed E-state index contributed by atoms with van der Waals surface area (Å²) in [5.74, 6) is 7.97. The van der Waals surface area contributed by atoms with E-state index < -0.39 is 0 Å². The molecule has 0 amide bonds. The van der Waals surface area contributed by atoms with Crippen LogP contribution in [0.5, 0.6) is 5.75 Å². The Morgan fingerprint density at radius 3 is 2.41 bits per heavy atom. The van der Waals surface area contributed by atoms with E-state index in [0.29, 0.717) is 18.4 Å². The van der Waals surface area contributed by atoms with Crippen LogP contribution < -0.4 is 4.74 Å². The van der Waals surface area contributed by atoms with Crippen LogP contribution in [0.2, 0.25) is 0 Å². The summed E-state index contributed by atoms with van der Waals surface area (Å²) in [5.41, 5.74) is 3.80. The smallest absolute Gasteiger partial charge is 0.120 e. The molecule has 0 aliphatic rings. The van der Waals surface area contributed by atoms with Crippen molar-refractivity contribution in [2.45, 2.75) is 40.2 Å². The molecular formula is C21H24O. The lowest BCUT2D eigenvalue weighted by molar-refractivity contribution is 0.306. The van der Waals surface area contributed by atoms with Gasteiger partial charge in [0.15, 0.2) is 0 Å². The average molecular weight is 292 g/mol. The standard InChI is InChI=1S/C21H24O/c1-5-9-16(2)18(4)21-13-12-20(14-17(21)3)22-15-19-10-7-6-8-11-19/h6-8,10-14,16,18H,15H2,1-4H3. The summed E-state index contributed by atoms with van der Waals surface area (Å²) in [4.78, 5) is 0. The van der Waals surface area contributed by atoms with Crippen LogP contribution in [0, 0.1) is 24.7 Å². The molecule has 2 aromatic carbocycles. The molecule has 0 bridgehead atoms. The first-order valence-corrected chi connectivity index (χ1v) is 7.81. The molecule has 0 saturated carbocycles. The molecule has 1 nitrogen and oxygen atoms in total. The number of aryl methyl sites for hydroxylation is 1. The zero-order valence-corrected chi connectivity index (χ0v) is 13.9. The van der Waals surface area contributed by atoms with Gasteiger partial charge >= 0.3 is 0 Å². The molecule has 0 N–H and O–H groups in total. The fraction of sp³-hybridized carbons (Fsp3) is 0.333. The van der Waals surface area contributed by atoms with E-state index in [1.807, 2.05) is 25.1 Å². The first kappa shape index (κ1) is 16.2. The van der Waals surface area contributed by atoms with Crippen LogP contribution in [-0.2, 0) is 6.61 Å². The molecule has 0 aromatic heterocycles. The van der Waals surface area contributed by atoms with Crippen LogP contribution in [0.4, 0.5) is 0 Å². The lowest BCUT2D eigenvalue weighted by Crippen LogP contribution is -2.06. The molecule has 0 fully saturated rings. The molecule has 2 rings (SSSR count). The maximum atomic E-state index is 5.89. The van der Waals surface area contributed by atoms with Gasteiger partial charge in [0.05, 0.1) is 0 Å². The highest BCUT2D eigenvalue weighted by Crippen LogP contribution is 2.29. The molecule has 2 aromatic rings. The van der Waals surface area contributed by atoms with Crippen molar-refractivity contribution in [3.8, 4) is 17.6 Å². The Hall–Kier alpha value is -2.20. The van der Waals surface area contributed by atoms with Crippen LogP contribution >= 0.6 is 0 Å². The summed E-state index contributed by atoms with van der Waals surface area (Å²) < 4.78 is 5.89. The van der Waals surface area contributed by atoms with Gasteiger partial charge in [-0.05, 0) is 48.6 Å². The monoisotopic (exact) mass is 292 g/mol. The minimum Gasteiger partial charge on any atom is -0.489 e. The molecule has 0 aliphatic heterocycles. The van der Waals surface area contributed by atoms with E-state index in [0.717, 1.165) is 5.75 Å². The maximum Gasteiger partial charge on any atom is 0.120 e. The number of ether oxygens (including phenoxy) is 1. The summed E-state index contributed by atoms with van der Waals surface area (Å²) in [7, 11) is 0. The van der Waals surface area contributed by atoms with Gasteiger partial charge in [0.1, 0.15) is 12.4 Å². The van der Waals surface area contributed by atoms with Gasteiger partial charge in [-0.2, -0.15) is 0 Å². The van der Waals surface area contributed by atoms with Gasteiger partial charge in [0.25, 0.3) is 0 Å². The maximum absolute atomic E-state index is 5.89. The second-order valence-corrected chi connectivity index (χ2v) is 5.76. The van der Waals surface area contributed by atoms with E-state index in [1.54, 1.807) is 0 Å². The van der Waals surface area contributed by atoms with E-state index in [4.69, 9.17) is 4.74 Å². The second-order valence-electron chi connectivity index (χ2n) is 5.76. The van der Waals surface area contributed by atoms with Crippen molar-refractivity contribution in [3.63, 3.8) is 0 Å².